The first kappa shape index (κ1) is 17.6. The lowest BCUT2D eigenvalue weighted by molar-refractivity contribution is -0.112. The van der Waals surface area contributed by atoms with E-state index in [4.69, 9.17) is 0 Å². The number of amides is 1. The lowest BCUT2D eigenvalue weighted by Gasteiger charge is -2.19. The van der Waals surface area contributed by atoms with Gasteiger partial charge < -0.3 is 5.32 Å². The van der Waals surface area contributed by atoms with Gasteiger partial charge in [0.25, 0.3) is 5.91 Å². The van der Waals surface area contributed by atoms with Crippen LogP contribution in [0, 0.1) is 5.92 Å². The Bertz CT molecular complexity index is 909. The molecular weight excluding hydrogens is 362 g/mol. The maximum Gasteiger partial charge on any atom is 0.262 e. The van der Waals surface area contributed by atoms with Gasteiger partial charge in [0.05, 0.1) is 4.91 Å². The highest BCUT2D eigenvalue weighted by molar-refractivity contribution is 8.03. The molecule has 4 rings (SSSR count). The minimum atomic E-state index is -0.0732. The predicted molar refractivity (Wildman–Crippen MR) is 110 cm³/mol. The lowest BCUT2D eigenvalue weighted by Crippen LogP contribution is -2.14. The molecule has 1 N–H and O–H groups in total. The molecule has 0 radical (unpaired) electrons. The molecule has 134 valence electrons. The van der Waals surface area contributed by atoms with Gasteiger partial charge >= 0.3 is 0 Å². The molecule has 2 heterocycles. The van der Waals surface area contributed by atoms with Gasteiger partial charge in [-0.05, 0) is 73.6 Å². The first-order valence-electron chi connectivity index (χ1n) is 8.91. The number of hydrogen-bond donors (Lipinski definition) is 1. The van der Waals surface area contributed by atoms with Gasteiger partial charge in [0.15, 0.2) is 5.78 Å². The number of rotatable bonds is 3. The Morgan fingerprint density at radius 1 is 1.15 bits per heavy atom. The molecule has 3 nitrogen and oxygen atoms in total. The number of anilines is 1. The molecule has 26 heavy (non-hydrogen) atoms. The molecule has 1 atom stereocenters. The fourth-order valence-corrected chi connectivity index (χ4v) is 6.19. The molecule has 0 unspecified atom stereocenters. The van der Waals surface area contributed by atoms with Crippen molar-refractivity contribution in [1.29, 1.82) is 0 Å². The van der Waals surface area contributed by atoms with E-state index in [9.17, 15) is 9.59 Å². The van der Waals surface area contributed by atoms with Gasteiger partial charge in [0.2, 0.25) is 0 Å². The van der Waals surface area contributed by atoms with Crippen LogP contribution in [0.15, 0.2) is 29.2 Å². The second-order valence-electron chi connectivity index (χ2n) is 7.08. The number of hydrogen-bond acceptors (Lipinski definition) is 4. The molecule has 2 aromatic rings. The average Bonchev–Trinajstić information content (AvgIpc) is 2.98. The van der Waals surface area contributed by atoms with E-state index in [1.54, 1.807) is 41.6 Å². The summed E-state index contributed by atoms with van der Waals surface area (Å²) >= 11 is 3.49. The van der Waals surface area contributed by atoms with Crippen LogP contribution in [0.1, 0.15) is 51.5 Å². The monoisotopic (exact) mass is 383 g/mol. The second kappa shape index (κ2) is 7.05. The SMILES string of the molecule is CC(=O)c1ccc(NC(=O)C2=Cc3sc4c(c3CS2)CC[C@H](C)C4)cc1. The number of thioether (sulfide) groups is 1. The standard InChI is InChI=1S/C21H21NO2S2/c1-12-3-8-16-17-11-25-20(10-19(17)26-18(16)9-12)21(24)22-15-6-4-14(5-7-15)13(2)23/h4-7,10,12H,3,8-9,11H2,1-2H3,(H,22,24)/t12-/m0/s1. The molecule has 1 aliphatic carbocycles. The van der Waals surface area contributed by atoms with E-state index in [1.807, 2.05) is 11.3 Å². The fourth-order valence-electron chi connectivity index (χ4n) is 3.53. The molecule has 1 aromatic heterocycles. The van der Waals surface area contributed by atoms with E-state index < -0.39 is 0 Å². The van der Waals surface area contributed by atoms with Gasteiger partial charge in [-0.25, -0.2) is 0 Å². The quantitative estimate of drug-likeness (QED) is 0.732. The third kappa shape index (κ3) is 3.38. The summed E-state index contributed by atoms with van der Waals surface area (Å²) in [5, 5.41) is 2.94. The fraction of sp³-hybridized carbons (Fsp3) is 0.333. The maximum atomic E-state index is 12.6. The summed E-state index contributed by atoms with van der Waals surface area (Å²) in [4.78, 5) is 27.5. The van der Waals surface area contributed by atoms with Crippen LogP contribution in [0.3, 0.4) is 0 Å². The second-order valence-corrected chi connectivity index (χ2v) is 9.23. The topological polar surface area (TPSA) is 46.2 Å². The van der Waals surface area contributed by atoms with Gasteiger partial charge in [-0.15, -0.1) is 23.1 Å². The Kier molecular flexibility index (Phi) is 4.76. The largest absolute Gasteiger partial charge is 0.322 e. The zero-order chi connectivity index (χ0) is 18.3. The summed E-state index contributed by atoms with van der Waals surface area (Å²) in [7, 11) is 0. The Hall–Kier alpha value is -1.85. The van der Waals surface area contributed by atoms with Crippen LogP contribution >= 0.6 is 23.1 Å². The molecule has 1 amide bonds. The highest BCUT2D eigenvalue weighted by Crippen LogP contribution is 2.43. The van der Waals surface area contributed by atoms with E-state index in [0.29, 0.717) is 11.3 Å². The highest BCUT2D eigenvalue weighted by Gasteiger charge is 2.26. The normalized spacial score (nSPS) is 18.5. The number of fused-ring (bicyclic) bond motifs is 3. The van der Waals surface area contributed by atoms with Crippen LogP contribution in [0.4, 0.5) is 5.69 Å². The van der Waals surface area contributed by atoms with Crippen molar-refractivity contribution in [2.45, 2.75) is 38.9 Å². The lowest BCUT2D eigenvalue weighted by atomic mass is 9.88. The number of carbonyl (C=O) groups is 2. The number of benzene rings is 1. The van der Waals surface area contributed by atoms with Crippen LogP contribution in [0.25, 0.3) is 6.08 Å². The molecule has 0 saturated heterocycles. The summed E-state index contributed by atoms with van der Waals surface area (Å²) in [6, 6.07) is 7.04. The summed E-state index contributed by atoms with van der Waals surface area (Å²) in [6.07, 6.45) is 5.68. The van der Waals surface area contributed by atoms with E-state index in [2.05, 4.69) is 18.3 Å². The Labute approximate surface area is 161 Å². The van der Waals surface area contributed by atoms with E-state index in [-0.39, 0.29) is 11.7 Å². The molecule has 1 aromatic carbocycles. The molecule has 0 spiro atoms. The summed E-state index contributed by atoms with van der Waals surface area (Å²) in [5.41, 5.74) is 4.36. The van der Waals surface area contributed by atoms with E-state index in [0.717, 1.165) is 16.6 Å². The first-order chi connectivity index (χ1) is 12.5. The van der Waals surface area contributed by atoms with Crippen molar-refractivity contribution in [3.8, 4) is 0 Å². The number of carbonyl (C=O) groups excluding carboxylic acids is 2. The predicted octanol–water partition coefficient (Wildman–Crippen LogP) is 5.30. The minimum absolute atomic E-state index is 0.0249. The zero-order valence-electron chi connectivity index (χ0n) is 14.9. The molecule has 5 heteroatoms. The minimum Gasteiger partial charge on any atom is -0.322 e. The number of thiophene rings is 1. The van der Waals surface area contributed by atoms with Crippen molar-refractivity contribution in [2.75, 3.05) is 5.32 Å². The van der Waals surface area contributed by atoms with Crippen LogP contribution in [-0.2, 0) is 23.4 Å². The van der Waals surface area contributed by atoms with Crippen molar-refractivity contribution in [2.24, 2.45) is 5.92 Å². The third-order valence-electron chi connectivity index (χ3n) is 5.06. The van der Waals surface area contributed by atoms with E-state index >= 15 is 0 Å². The molecular formula is C21H21NO2S2. The van der Waals surface area contributed by atoms with Crippen molar-refractivity contribution in [1.82, 2.24) is 0 Å². The molecule has 0 saturated carbocycles. The van der Waals surface area contributed by atoms with E-state index in [1.165, 1.54) is 41.5 Å². The third-order valence-corrected chi connectivity index (χ3v) is 7.35. The number of ketones is 1. The molecule has 2 aliphatic rings. The zero-order valence-corrected chi connectivity index (χ0v) is 16.6. The molecule has 0 fully saturated rings. The highest BCUT2D eigenvalue weighted by atomic mass is 32.2. The van der Waals surface area contributed by atoms with Crippen LogP contribution in [0.2, 0.25) is 0 Å². The molecule has 0 bridgehead atoms. The Morgan fingerprint density at radius 2 is 1.92 bits per heavy atom. The van der Waals surface area contributed by atoms with Crippen LogP contribution < -0.4 is 5.32 Å². The average molecular weight is 384 g/mol. The van der Waals surface area contributed by atoms with Gasteiger partial charge in [-0.1, -0.05) is 6.92 Å². The first-order valence-corrected chi connectivity index (χ1v) is 10.7. The van der Waals surface area contributed by atoms with Crippen LogP contribution in [-0.4, -0.2) is 11.7 Å². The van der Waals surface area contributed by atoms with Crippen molar-refractivity contribution >= 4 is 46.6 Å². The summed E-state index contributed by atoms with van der Waals surface area (Å²) < 4.78 is 0. The Balaban J connectivity index is 1.52. The van der Waals surface area contributed by atoms with Crippen molar-refractivity contribution in [3.05, 3.63) is 55.6 Å². The van der Waals surface area contributed by atoms with Crippen molar-refractivity contribution in [3.63, 3.8) is 0 Å². The molecule has 1 aliphatic heterocycles. The van der Waals surface area contributed by atoms with Crippen LogP contribution in [0.5, 0.6) is 0 Å². The smallest absolute Gasteiger partial charge is 0.262 e. The Morgan fingerprint density at radius 3 is 2.65 bits per heavy atom. The summed E-state index contributed by atoms with van der Waals surface area (Å²) in [6.45, 7) is 3.86. The number of nitrogens with one attached hydrogen (secondary N) is 1. The van der Waals surface area contributed by atoms with Gasteiger partial charge in [-0.2, -0.15) is 0 Å². The van der Waals surface area contributed by atoms with Crippen molar-refractivity contribution < 1.29 is 9.59 Å². The van der Waals surface area contributed by atoms with Gasteiger partial charge in [0, 0.05) is 26.8 Å². The van der Waals surface area contributed by atoms with Gasteiger partial charge in [0.1, 0.15) is 0 Å². The maximum absolute atomic E-state index is 12.6. The summed E-state index contributed by atoms with van der Waals surface area (Å²) in [5.74, 6) is 1.60. The number of Topliss-reactive ketones (excluding diaryl/α,β-unsaturated/α-hetero) is 1. The van der Waals surface area contributed by atoms with Gasteiger partial charge in [-0.3, -0.25) is 9.59 Å².